The second-order valence-electron chi connectivity index (χ2n) is 3.68. The first kappa shape index (κ1) is 10.2. The summed E-state index contributed by atoms with van der Waals surface area (Å²) in [7, 11) is 0. The molecule has 0 aliphatic carbocycles. The SMILES string of the molecule is CCNC1CC(c2ccccc2)OC1=O. The summed E-state index contributed by atoms with van der Waals surface area (Å²) in [5, 5.41) is 3.12. The fourth-order valence-electron chi connectivity index (χ4n) is 1.87. The van der Waals surface area contributed by atoms with E-state index in [1.165, 1.54) is 0 Å². The molecule has 0 bridgehead atoms. The molecule has 0 amide bonds. The van der Waals surface area contributed by atoms with E-state index in [0.717, 1.165) is 18.5 Å². The molecule has 3 heteroatoms. The van der Waals surface area contributed by atoms with Crippen molar-refractivity contribution >= 4 is 5.97 Å². The number of nitrogens with one attached hydrogen (secondary N) is 1. The van der Waals surface area contributed by atoms with E-state index in [2.05, 4.69) is 5.32 Å². The van der Waals surface area contributed by atoms with E-state index in [4.69, 9.17) is 4.74 Å². The molecule has 80 valence electrons. The average Bonchev–Trinajstić information content (AvgIpc) is 2.63. The largest absolute Gasteiger partial charge is 0.456 e. The average molecular weight is 205 g/mol. The Kier molecular flexibility index (Phi) is 3.02. The van der Waals surface area contributed by atoms with Crippen LogP contribution in [0.5, 0.6) is 0 Å². The molecule has 15 heavy (non-hydrogen) atoms. The Hall–Kier alpha value is -1.35. The molecule has 0 spiro atoms. The summed E-state index contributed by atoms with van der Waals surface area (Å²) in [5.41, 5.74) is 1.08. The molecule has 3 nitrogen and oxygen atoms in total. The number of esters is 1. The lowest BCUT2D eigenvalue weighted by molar-refractivity contribution is -0.143. The first-order chi connectivity index (χ1) is 7.31. The van der Waals surface area contributed by atoms with Crippen LogP contribution in [0.4, 0.5) is 0 Å². The summed E-state index contributed by atoms with van der Waals surface area (Å²) in [6, 6.07) is 9.73. The normalized spacial score (nSPS) is 25.3. The van der Waals surface area contributed by atoms with Gasteiger partial charge in [0, 0.05) is 6.42 Å². The van der Waals surface area contributed by atoms with E-state index < -0.39 is 0 Å². The third-order valence-electron chi connectivity index (χ3n) is 2.61. The molecule has 1 aromatic rings. The standard InChI is InChI=1S/C12H15NO2/c1-2-13-10-8-11(15-12(10)14)9-6-4-3-5-7-9/h3-7,10-11,13H,2,8H2,1H3. The third kappa shape index (κ3) is 2.18. The summed E-state index contributed by atoms with van der Waals surface area (Å²) in [6.07, 6.45) is 0.652. The molecular formula is C12H15NO2. The maximum atomic E-state index is 11.5. The Morgan fingerprint density at radius 2 is 2.13 bits per heavy atom. The molecule has 1 heterocycles. The lowest BCUT2D eigenvalue weighted by atomic mass is 10.1. The van der Waals surface area contributed by atoms with Gasteiger partial charge in [0.2, 0.25) is 0 Å². The van der Waals surface area contributed by atoms with Crippen molar-refractivity contribution in [3.63, 3.8) is 0 Å². The van der Waals surface area contributed by atoms with Crippen molar-refractivity contribution in [1.29, 1.82) is 0 Å². The number of hydrogen-bond acceptors (Lipinski definition) is 3. The topological polar surface area (TPSA) is 38.3 Å². The number of cyclic esters (lactones) is 1. The Bertz CT molecular complexity index is 337. The van der Waals surface area contributed by atoms with Gasteiger partial charge in [0.25, 0.3) is 0 Å². The zero-order valence-electron chi connectivity index (χ0n) is 8.77. The second kappa shape index (κ2) is 4.45. The molecule has 1 aromatic carbocycles. The van der Waals surface area contributed by atoms with Crippen molar-refractivity contribution in [2.75, 3.05) is 6.54 Å². The molecule has 2 rings (SSSR count). The van der Waals surface area contributed by atoms with Gasteiger partial charge in [-0.15, -0.1) is 0 Å². The van der Waals surface area contributed by atoms with Gasteiger partial charge in [0.15, 0.2) is 0 Å². The highest BCUT2D eigenvalue weighted by Gasteiger charge is 2.34. The number of benzene rings is 1. The molecule has 0 radical (unpaired) electrons. The van der Waals surface area contributed by atoms with Gasteiger partial charge < -0.3 is 10.1 Å². The number of ether oxygens (including phenoxy) is 1. The van der Waals surface area contributed by atoms with Crippen LogP contribution >= 0.6 is 0 Å². The van der Waals surface area contributed by atoms with Gasteiger partial charge in [0.05, 0.1) is 0 Å². The van der Waals surface area contributed by atoms with Crippen molar-refractivity contribution in [3.05, 3.63) is 35.9 Å². The molecule has 2 unspecified atom stereocenters. The quantitative estimate of drug-likeness (QED) is 0.762. The second-order valence-corrected chi connectivity index (χ2v) is 3.68. The fourth-order valence-corrected chi connectivity index (χ4v) is 1.87. The minimum atomic E-state index is -0.139. The highest BCUT2D eigenvalue weighted by atomic mass is 16.6. The number of carbonyl (C=O) groups is 1. The summed E-state index contributed by atoms with van der Waals surface area (Å²) in [6.45, 7) is 2.78. The number of carbonyl (C=O) groups excluding carboxylic acids is 1. The first-order valence-corrected chi connectivity index (χ1v) is 5.30. The number of likely N-dealkylation sites (N-methyl/N-ethyl adjacent to an activating group) is 1. The fraction of sp³-hybridized carbons (Fsp3) is 0.417. The Morgan fingerprint density at radius 3 is 2.80 bits per heavy atom. The smallest absolute Gasteiger partial charge is 0.323 e. The van der Waals surface area contributed by atoms with Crippen molar-refractivity contribution < 1.29 is 9.53 Å². The zero-order chi connectivity index (χ0) is 10.7. The first-order valence-electron chi connectivity index (χ1n) is 5.30. The van der Waals surface area contributed by atoms with E-state index in [9.17, 15) is 4.79 Å². The summed E-state index contributed by atoms with van der Waals surface area (Å²) in [5.74, 6) is -0.134. The molecule has 1 saturated heterocycles. The van der Waals surface area contributed by atoms with Crippen LogP contribution in [0.1, 0.15) is 25.0 Å². The maximum Gasteiger partial charge on any atom is 0.323 e. The van der Waals surface area contributed by atoms with E-state index in [1.807, 2.05) is 37.3 Å². The molecule has 1 aliphatic heterocycles. The van der Waals surface area contributed by atoms with Gasteiger partial charge >= 0.3 is 5.97 Å². The number of rotatable bonds is 3. The van der Waals surface area contributed by atoms with E-state index in [1.54, 1.807) is 0 Å². The molecule has 2 atom stereocenters. The minimum Gasteiger partial charge on any atom is -0.456 e. The molecule has 1 fully saturated rings. The van der Waals surface area contributed by atoms with Crippen molar-refractivity contribution in [2.45, 2.75) is 25.5 Å². The van der Waals surface area contributed by atoms with Gasteiger partial charge in [-0.3, -0.25) is 4.79 Å². The van der Waals surface area contributed by atoms with E-state index in [0.29, 0.717) is 0 Å². The van der Waals surface area contributed by atoms with Gasteiger partial charge in [-0.2, -0.15) is 0 Å². The maximum absolute atomic E-state index is 11.5. The van der Waals surface area contributed by atoms with Crippen LogP contribution in [0, 0.1) is 0 Å². The van der Waals surface area contributed by atoms with Gasteiger partial charge in [-0.25, -0.2) is 0 Å². The summed E-state index contributed by atoms with van der Waals surface area (Å²) >= 11 is 0. The zero-order valence-corrected chi connectivity index (χ0v) is 8.77. The summed E-state index contributed by atoms with van der Waals surface area (Å²) in [4.78, 5) is 11.5. The summed E-state index contributed by atoms with van der Waals surface area (Å²) < 4.78 is 5.31. The minimum absolute atomic E-state index is 0.0808. The molecule has 1 aliphatic rings. The predicted octanol–water partition coefficient (Wildman–Crippen LogP) is 1.65. The lowest BCUT2D eigenvalue weighted by Crippen LogP contribution is -2.32. The molecule has 1 N–H and O–H groups in total. The van der Waals surface area contributed by atoms with Gasteiger partial charge in [0.1, 0.15) is 12.1 Å². The van der Waals surface area contributed by atoms with Crippen molar-refractivity contribution in [2.24, 2.45) is 0 Å². The Balaban J connectivity index is 2.06. The van der Waals surface area contributed by atoms with Crippen LogP contribution in [-0.2, 0) is 9.53 Å². The van der Waals surface area contributed by atoms with Crippen LogP contribution in [0.2, 0.25) is 0 Å². The predicted molar refractivity (Wildman–Crippen MR) is 57.4 cm³/mol. The Morgan fingerprint density at radius 1 is 1.40 bits per heavy atom. The highest BCUT2D eigenvalue weighted by Crippen LogP contribution is 2.29. The van der Waals surface area contributed by atoms with Crippen LogP contribution in [0.25, 0.3) is 0 Å². The van der Waals surface area contributed by atoms with Crippen LogP contribution < -0.4 is 5.32 Å². The highest BCUT2D eigenvalue weighted by molar-refractivity contribution is 5.78. The Labute approximate surface area is 89.4 Å². The van der Waals surface area contributed by atoms with Gasteiger partial charge in [-0.1, -0.05) is 37.3 Å². The monoisotopic (exact) mass is 205 g/mol. The van der Waals surface area contributed by atoms with Crippen LogP contribution in [0.15, 0.2) is 30.3 Å². The third-order valence-corrected chi connectivity index (χ3v) is 2.61. The molecule has 0 aromatic heterocycles. The molecule has 0 saturated carbocycles. The number of hydrogen-bond donors (Lipinski definition) is 1. The van der Waals surface area contributed by atoms with Crippen molar-refractivity contribution in [1.82, 2.24) is 5.32 Å². The van der Waals surface area contributed by atoms with Crippen LogP contribution in [-0.4, -0.2) is 18.6 Å². The van der Waals surface area contributed by atoms with Crippen LogP contribution in [0.3, 0.4) is 0 Å². The van der Waals surface area contributed by atoms with Crippen molar-refractivity contribution in [3.8, 4) is 0 Å². The van der Waals surface area contributed by atoms with Gasteiger partial charge in [-0.05, 0) is 12.1 Å². The lowest BCUT2D eigenvalue weighted by Gasteiger charge is -2.08. The van der Waals surface area contributed by atoms with E-state index in [-0.39, 0.29) is 18.1 Å². The molecular weight excluding hydrogens is 190 g/mol. The van der Waals surface area contributed by atoms with E-state index >= 15 is 0 Å².